The lowest BCUT2D eigenvalue weighted by atomic mass is 10.6. The average molecular weight is 122 g/mol. The molecule has 48 valence electrons. The Morgan fingerprint density at radius 3 is 2.56 bits per heavy atom. The molecule has 0 aromatic carbocycles. The first-order valence-corrected chi connectivity index (χ1v) is 2.91. The van der Waals surface area contributed by atoms with Crippen LogP contribution in [0.4, 0.5) is 0 Å². The molecule has 2 heteroatoms. The van der Waals surface area contributed by atoms with E-state index in [0.29, 0.717) is 0 Å². The Bertz CT molecular complexity index is 175. The number of hydrogen-bond acceptors (Lipinski definition) is 1. The molecule has 0 spiro atoms. The van der Waals surface area contributed by atoms with Crippen LogP contribution in [0, 0.1) is 0 Å². The van der Waals surface area contributed by atoms with Crippen molar-refractivity contribution in [3.8, 4) is 0 Å². The molecule has 0 saturated heterocycles. The first kappa shape index (κ1) is 5.95. The second-order valence-electron chi connectivity index (χ2n) is 1.81. The molecule has 0 bridgehead atoms. The fourth-order valence-corrected chi connectivity index (χ4v) is 0.674. The van der Waals surface area contributed by atoms with E-state index in [2.05, 4.69) is 0 Å². The molecule has 0 unspecified atom stereocenters. The largest absolute Gasteiger partial charge is 0.405 e. The number of hydrogen-bond donors (Lipinski definition) is 1. The Morgan fingerprint density at radius 2 is 2.00 bits per heavy atom. The van der Waals surface area contributed by atoms with Crippen molar-refractivity contribution >= 4 is 0 Å². The van der Waals surface area contributed by atoms with Gasteiger partial charge in [0.1, 0.15) is 0 Å². The van der Waals surface area contributed by atoms with E-state index in [4.69, 9.17) is 5.73 Å². The minimum absolute atomic E-state index is 0.865. The fourth-order valence-electron chi connectivity index (χ4n) is 0.674. The Hall–Kier alpha value is -1.18. The van der Waals surface area contributed by atoms with Crippen LogP contribution < -0.4 is 5.73 Å². The van der Waals surface area contributed by atoms with Crippen LogP contribution in [0.15, 0.2) is 36.8 Å². The van der Waals surface area contributed by atoms with Crippen LogP contribution in [-0.4, -0.2) is 4.57 Å². The zero-order chi connectivity index (χ0) is 6.53. The second kappa shape index (κ2) is 2.97. The van der Waals surface area contributed by atoms with Crippen molar-refractivity contribution in [1.82, 2.24) is 4.57 Å². The van der Waals surface area contributed by atoms with Crippen LogP contribution in [0.2, 0.25) is 0 Å². The third-order valence-electron chi connectivity index (χ3n) is 1.12. The number of aromatic nitrogens is 1. The van der Waals surface area contributed by atoms with Gasteiger partial charge in [0.05, 0.1) is 0 Å². The van der Waals surface area contributed by atoms with Gasteiger partial charge in [0.25, 0.3) is 0 Å². The van der Waals surface area contributed by atoms with Gasteiger partial charge >= 0.3 is 0 Å². The second-order valence-corrected chi connectivity index (χ2v) is 1.81. The highest BCUT2D eigenvalue weighted by molar-refractivity contribution is 4.92. The summed E-state index contributed by atoms with van der Waals surface area (Å²) in [5.74, 6) is 0. The van der Waals surface area contributed by atoms with Crippen LogP contribution in [-0.2, 0) is 6.54 Å². The lowest BCUT2D eigenvalue weighted by Gasteiger charge is -1.92. The summed E-state index contributed by atoms with van der Waals surface area (Å²) in [7, 11) is 0. The molecular weight excluding hydrogens is 112 g/mol. The van der Waals surface area contributed by atoms with Crippen molar-refractivity contribution in [2.45, 2.75) is 6.54 Å². The summed E-state index contributed by atoms with van der Waals surface area (Å²) in [5.41, 5.74) is 5.15. The highest BCUT2D eigenvalue weighted by Crippen LogP contribution is 1.88. The molecule has 0 saturated carbocycles. The lowest BCUT2D eigenvalue weighted by molar-refractivity contribution is 0.828. The molecule has 0 aliphatic rings. The molecule has 2 N–H and O–H groups in total. The van der Waals surface area contributed by atoms with E-state index in [1.165, 1.54) is 0 Å². The summed E-state index contributed by atoms with van der Waals surface area (Å²) in [4.78, 5) is 0. The summed E-state index contributed by atoms with van der Waals surface area (Å²) in [5, 5.41) is 0. The van der Waals surface area contributed by atoms with E-state index >= 15 is 0 Å². The average Bonchev–Trinajstić information content (AvgIpc) is 2.34. The molecule has 2 nitrogen and oxygen atoms in total. The maximum atomic E-state index is 5.15. The summed E-state index contributed by atoms with van der Waals surface area (Å²) in [6.07, 6.45) is 7.46. The molecule has 1 rings (SSSR count). The quantitative estimate of drug-likeness (QED) is 0.622. The van der Waals surface area contributed by atoms with Crippen LogP contribution in [0.3, 0.4) is 0 Å². The number of nitrogens with two attached hydrogens (primary N) is 1. The lowest BCUT2D eigenvalue weighted by Crippen LogP contribution is -1.90. The molecule has 0 atom stereocenters. The molecule has 9 heavy (non-hydrogen) atoms. The minimum atomic E-state index is 0.865. The number of allylic oxidation sites excluding steroid dienone is 1. The molecule has 1 heterocycles. The maximum Gasteiger partial charge on any atom is 0.0417 e. The van der Waals surface area contributed by atoms with Crippen molar-refractivity contribution < 1.29 is 0 Å². The van der Waals surface area contributed by atoms with Gasteiger partial charge in [-0.1, -0.05) is 0 Å². The molecule has 0 aliphatic heterocycles. The van der Waals surface area contributed by atoms with Gasteiger partial charge in [-0.25, -0.2) is 0 Å². The fraction of sp³-hybridized carbons (Fsp3) is 0.143. The maximum absolute atomic E-state index is 5.15. The van der Waals surface area contributed by atoms with Crippen molar-refractivity contribution in [2.75, 3.05) is 0 Å². The SMILES string of the molecule is NC=CCn1cccc1. The van der Waals surface area contributed by atoms with E-state index in [1.54, 1.807) is 6.20 Å². The van der Waals surface area contributed by atoms with Crippen LogP contribution in [0.25, 0.3) is 0 Å². The number of nitrogens with zero attached hydrogens (tertiary/aromatic N) is 1. The van der Waals surface area contributed by atoms with E-state index in [1.807, 2.05) is 35.2 Å². The predicted octanol–water partition coefficient (Wildman–Crippen LogP) is 0.961. The monoisotopic (exact) mass is 122 g/mol. The molecule has 0 aliphatic carbocycles. The van der Waals surface area contributed by atoms with E-state index in [9.17, 15) is 0 Å². The topological polar surface area (TPSA) is 30.9 Å². The van der Waals surface area contributed by atoms with Crippen LogP contribution in [0.1, 0.15) is 0 Å². The summed E-state index contributed by atoms with van der Waals surface area (Å²) in [6, 6.07) is 3.98. The Morgan fingerprint density at radius 1 is 1.33 bits per heavy atom. The highest BCUT2D eigenvalue weighted by atomic mass is 14.9. The van der Waals surface area contributed by atoms with Gasteiger partial charge in [-0.15, -0.1) is 0 Å². The summed E-state index contributed by atoms with van der Waals surface area (Å²) < 4.78 is 2.04. The molecule has 1 aromatic rings. The highest BCUT2D eigenvalue weighted by Gasteiger charge is 1.79. The van der Waals surface area contributed by atoms with Gasteiger partial charge < -0.3 is 10.3 Å². The number of rotatable bonds is 2. The Kier molecular flexibility index (Phi) is 1.96. The molecular formula is C7H10N2. The zero-order valence-corrected chi connectivity index (χ0v) is 5.20. The van der Waals surface area contributed by atoms with Crippen molar-refractivity contribution in [2.24, 2.45) is 5.73 Å². The van der Waals surface area contributed by atoms with Gasteiger partial charge in [-0.2, -0.15) is 0 Å². The first-order chi connectivity index (χ1) is 4.43. The summed E-state index contributed by atoms with van der Waals surface area (Å²) >= 11 is 0. The van der Waals surface area contributed by atoms with E-state index in [0.717, 1.165) is 6.54 Å². The van der Waals surface area contributed by atoms with Gasteiger partial charge in [0.15, 0.2) is 0 Å². The molecule has 1 aromatic heterocycles. The van der Waals surface area contributed by atoms with Gasteiger partial charge in [-0.3, -0.25) is 0 Å². The van der Waals surface area contributed by atoms with E-state index in [-0.39, 0.29) is 0 Å². The normalized spacial score (nSPS) is 10.7. The van der Waals surface area contributed by atoms with Crippen molar-refractivity contribution in [3.05, 3.63) is 36.8 Å². The smallest absolute Gasteiger partial charge is 0.0417 e. The third kappa shape index (κ3) is 1.64. The first-order valence-electron chi connectivity index (χ1n) is 2.91. The zero-order valence-electron chi connectivity index (χ0n) is 5.20. The van der Waals surface area contributed by atoms with E-state index < -0.39 is 0 Å². The van der Waals surface area contributed by atoms with Gasteiger partial charge in [0.2, 0.25) is 0 Å². The van der Waals surface area contributed by atoms with Crippen LogP contribution >= 0.6 is 0 Å². The molecule has 0 amide bonds. The predicted molar refractivity (Wildman–Crippen MR) is 37.8 cm³/mol. The van der Waals surface area contributed by atoms with Crippen molar-refractivity contribution in [1.29, 1.82) is 0 Å². The molecule has 0 radical (unpaired) electrons. The minimum Gasteiger partial charge on any atom is -0.405 e. The van der Waals surface area contributed by atoms with Gasteiger partial charge in [0, 0.05) is 18.9 Å². The van der Waals surface area contributed by atoms with Gasteiger partial charge in [-0.05, 0) is 24.4 Å². The Balaban J connectivity index is 2.48. The van der Waals surface area contributed by atoms with Crippen molar-refractivity contribution in [3.63, 3.8) is 0 Å². The summed E-state index contributed by atoms with van der Waals surface area (Å²) in [6.45, 7) is 0.865. The Labute approximate surface area is 54.6 Å². The standard InChI is InChI=1S/C7H10N2/c8-4-3-7-9-5-1-2-6-9/h1-6H,7-8H2. The van der Waals surface area contributed by atoms with Crippen LogP contribution in [0.5, 0.6) is 0 Å². The molecule has 0 fully saturated rings. The third-order valence-corrected chi connectivity index (χ3v) is 1.12.